The first-order valence-electron chi connectivity index (χ1n) is 8.37. The molecule has 1 heterocycles. The molecular formula is C17H23N3O4S. The zero-order valence-electron chi connectivity index (χ0n) is 14.6. The minimum absolute atomic E-state index is 0.0393. The molecule has 8 heteroatoms. The van der Waals surface area contributed by atoms with Crippen LogP contribution in [0, 0.1) is 6.92 Å². The van der Waals surface area contributed by atoms with Gasteiger partial charge in [-0.2, -0.15) is 0 Å². The van der Waals surface area contributed by atoms with Crippen LogP contribution in [0.3, 0.4) is 0 Å². The Kier molecular flexibility index (Phi) is 4.36. The number of carbonyl (C=O) groups excluding carboxylic acids is 2. The predicted octanol–water partition coefficient (Wildman–Crippen LogP) is 1.17. The summed E-state index contributed by atoms with van der Waals surface area (Å²) in [6.45, 7) is 5.33. The van der Waals surface area contributed by atoms with Gasteiger partial charge in [0.1, 0.15) is 0 Å². The molecule has 1 aliphatic carbocycles. The molecule has 1 fully saturated rings. The SMILES string of the molecule is Cc1cc(S(=O)(=O)NCCC(=O)NC2CC2)cc2c1NC(=O)C2(C)C. The second-order valence-corrected chi connectivity index (χ2v) is 9.00. The highest BCUT2D eigenvalue weighted by atomic mass is 32.2. The van der Waals surface area contributed by atoms with E-state index in [1.54, 1.807) is 20.8 Å². The Labute approximate surface area is 147 Å². The maximum atomic E-state index is 12.5. The highest BCUT2D eigenvalue weighted by Gasteiger charge is 2.40. The molecule has 0 bridgehead atoms. The van der Waals surface area contributed by atoms with E-state index < -0.39 is 15.4 Å². The number of hydrogen-bond donors (Lipinski definition) is 3. The fourth-order valence-corrected chi connectivity index (χ4v) is 4.01. The lowest BCUT2D eigenvalue weighted by Crippen LogP contribution is -2.32. The molecule has 0 atom stereocenters. The Hall–Kier alpha value is -1.93. The van der Waals surface area contributed by atoms with Gasteiger partial charge in [0.25, 0.3) is 0 Å². The largest absolute Gasteiger partial charge is 0.353 e. The van der Waals surface area contributed by atoms with Crippen LogP contribution < -0.4 is 15.4 Å². The van der Waals surface area contributed by atoms with Crippen molar-refractivity contribution in [3.63, 3.8) is 0 Å². The topological polar surface area (TPSA) is 104 Å². The van der Waals surface area contributed by atoms with Crippen LogP contribution in [0.15, 0.2) is 17.0 Å². The van der Waals surface area contributed by atoms with Gasteiger partial charge in [0.05, 0.1) is 10.3 Å². The van der Waals surface area contributed by atoms with E-state index >= 15 is 0 Å². The average molecular weight is 365 g/mol. The van der Waals surface area contributed by atoms with Crippen molar-refractivity contribution in [1.82, 2.24) is 10.0 Å². The highest BCUT2D eigenvalue weighted by Crippen LogP contribution is 2.40. The summed E-state index contributed by atoms with van der Waals surface area (Å²) in [5.74, 6) is -0.295. The molecule has 3 rings (SSSR count). The number of anilines is 1. The fraction of sp³-hybridized carbons (Fsp3) is 0.529. The molecule has 25 heavy (non-hydrogen) atoms. The highest BCUT2D eigenvalue weighted by molar-refractivity contribution is 7.89. The molecule has 1 aromatic carbocycles. The van der Waals surface area contributed by atoms with E-state index in [2.05, 4.69) is 15.4 Å². The summed E-state index contributed by atoms with van der Waals surface area (Å²) in [7, 11) is -3.75. The molecule has 1 aromatic rings. The van der Waals surface area contributed by atoms with E-state index in [0.717, 1.165) is 12.8 Å². The molecule has 0 spiro atoms. The van der Waals surface area contributed by atoms with Gasteiger partial charge < -0.3 is 10.6 Å². The molecule has 136 valence electrons. The van der Waals surface area contributed by atoms with Crippen molar-refractivity contribution in [2.24, 2.45) is 0 Å². The van der Waals surface area contributed by atoms with E-state index in [1.165, 1.54) is 12.1 Å². The Morgan fingerprint density at radius 2 is 2.00 bits per heavy atom. The van der Waals surface area contributed by atoms with Crippen molar-refractivity contribution in [2.75, 3.05) is 11.9 Å². The quantitative estimate of drug-likeness (QED) is 0.704. The smallest absolute Gasteiger partial charge is 0.240 e. The summed E-state index contributed by atoms with van der Waals surface area (Å²) in [5, 5.41) is 5.63. The summed E-state index contributed by atoms with van der Waals surface area (Å²) >= 11 is 0. The van der Waals surface area contributed by atoms with Gasteiger partial charge in [-0.05, 0) is 56.9 Å². The number of aryl methyl sites for hydroxylation is 1. The third-order valence-corrected chi connectivity index (χ3v) is 6.13. The first-order valence-corrected chi connectivity index (χ1v) is 9.85. The van der Waals surface area contributed by atoms with Crippen LogP contribution in [0.5, 0.6) is 0 Å². The molecule has 7 nitrogen and oxygen atoms in total. The van der Waals surface area contributed by atoms with Gasteiger partial charge in [-0.3, -0.25) is 9.59 Å². The van der Waals surface area contributed by atoms with Crippen LogP contribution in [-0.4, -0.2) is 32.8 Å². The fourth-order valence-electron chi connectivity index (χ4n) is 2.87. The maximum absolute atomic E-state index is 12.5. The number of rotatable bonds is 6. The summed E-state index contributed by atoms with van der Waals surface area (Å²) in [4.78, 5) is 23.8. The number of hydrogen-bond acceptors (Lipinski definition) is 4. The standard InChI is InChI=1S/C17H23N3O4S/c1-10-8-12(9-13-15(10)20-16(22)17(13,2)3)25(23,24)18-7-6-14(21)19-11-4-5-11/h8-9,11,18H,4-7H2,1-3H3,(H,19,21)(H,20,22). The lowest BCUT2D eigenvalue weighted by Gasteiger charge is -2.17. The number of carbonyl (C=O) groups is 2. The summed E-state index contributed by atoms with van der Waals surface area (Å²) < 4.78 is 27.6. The van der Waals surface area contributed by atoms with Crippen molar-refractivity contribution in [3.05, 3.63) is 23.3 Å². The molecule has 1 aliphatic heterocycles. The zero-order chi connectivity index (χ0) is 18.4. The zero-order valence-corrected chi connectivity index (χ0v) is 15.4. The molecule has 2 aliphatic rings. The Morgan fingerprint density at radius 1 is 1.32 bits per heavy atom. The summed E-state index contributed by atoms with van der Waals surface area (Å²) in [6.07, 6.45) is 2.09. The molecular weight excluding hydrogens is 342 g/mol. The van der Waals surface area contributed by atoms with Gasteiger partial charge >= 0.3 is 0 Å². The summed E-state index contributed by atoms with van der Waals surface area (Å²) in [5.41, 5.74) is 1.26. The van der Waals surface area contributed by atoms with Crippen LogP contribution in [0.4, 0.5) is 5.69 Å². The third-order valence-electron chi connectivity index (χ3n) is 4.69. The minimum atomic E-state index is -3.75. The number of fused-ring (bicyclic) bond motifs is 1. The predicted molar refractivity (Wildman–Crippen MR) is 93.8 cm³/mol. The van der Waals surface area contributed by atoms with Gasteiger partial charge in [-0.15, -0.1) is 0 Å². The number of amides is 2. The number of sulfonamides is 1. The Bertz CT molecular complexity index is 842. The van der Waals surface area contributed by atoms with Crippen LogP contribution in [0.2, 0.25) is 0 Å². The van der Waals surface area contributed by atoms with Gasteiger partial charge in [-0.25, -0.2) is 13.1 Å². The monoisotopic (exact) mass is 365 g/mol. The number of benzene rings is 1. The van der Waals surface area contributed by atoms with Gasteiger partial charge in [-0.1, -0.05) is 0 Å². The van der Waals surface area contributed by atoms with Gasteiger partial charge in [0.15, 0.2) is 0 Å². The molecule has 0 aromatic heterocycles. The van der Waals surface area contributed by atoms with E-state index in [1.807, 2.05) is 0 Å². The first kappa shape index (κ1) is 17.9. The van der Waals surface area contributed by atoms with Crippen LogP contribution in [0.25, 0.3) is 0 Å². The van der Waals surface area contributed by atoms with Crippen molar-refractivity contribution in [1.29, 1.82) is 0 Å². The molecule has 2 amide bonds. The normalized spacial score (nSPS) is 18.6. The molecule has 0 unspecified atom stereocenters. The van der Waals surface area contributed by atoms with E-state index in [4.69, 9.17) is 0 Å². The van der Waals surface area contributed by atoms with E-state index in [0.29, 0.717) is 16.8 Å². The van der Waals surface area contributed by atoms with Crippen LogP contribution in [-0.2, 0) is 25.0 Å². The average Bonchev–Trinajstić information content (AvgIpc) is 3.28. The third kappa shape index (κ3) is 3.55. The van der Waals surface area contributed by atoms with Crippen molar-refractivity contribution in [3.8, 4) is 0 Å². The molecule has 3 N–H and O–H groups in total. The van der Waals surface area contributed by atoms with Crippen LogP contribution >= 0.6 is 0 Å². The number of nitrogens with one attached hydrogen (secondary N) is 3. The Balaban J connectivity index is 1.74. The minimum Gasteiger partial charge on any atom is -0.353 e. The van der Waals surface area contributed by atoms with Gasteiger partial charge in [0.2, 0.25) is 21.8 Å². The Morgan fingerprint density at radius 3 is 2.64 bits per heavy atom. The second-order valence-electron chi connectivity index (χ2n) is 7.23. The lowest BCUT2D eigenvalue weighted by atomic mass is 9.85. The molecule has 0 radical (unpaired) electrons. The van der Waals surface area contributed by atoms with Crippen molar-refractivity contribution >= 4 is 27.5 Å². The molecule has 0 saturated heterocycles. The van der Waals surface area contributed by atoms with E-state index in [-0.39, 0.29) is 35.7 Å². The lowest BCUT2D eigenvalue weighted by molar-refractivity contribution is -0.121. The van der Waals surface area contributed by atoms with Crippen molar-refractivity contribution < 1.29 is 18.0 Å². The van der Waals surface area contributed by atoms with Crippen LogP contribution in [0.1, 0.15) is 44.2 Å². The van der Waals surface area contributed by atoms with E-state index in [9.17, 15) is 18.0 Å². The van der Waals surface area contributed by atoms with Crippen molar-refractivity contribution in [2.45, 2.75) is 56.4 Å². The first-order chi connectivity index (χ1) is 11.6. The summed E-state index contributed by atoms with van der Waals surface area (Å²) in [6, 6.07) is 3.33. The van der Waals surface area contributed by atoms with Gasteiger partial charge in [0, 0.05) is 24.7 Å². The second kappa shape index (κ2) is 6.10. The maximum Gasteiger partial charge on any atom is 0.240 e. The molecule has 1 saturated carbocycles.